The van der Waals surface area contributed by atoms with E-state index in [4.69, 9.17) is 4.74 Å². The second-order valence-corrected chi connectivity index (χ2v) is 9.30. The molecule has 198 valence electrons. The van der Waals surface area contributed by atoms with Gasteiger partial charge in [-0.15, -0.1) is 0 Å². The Morgan fingerprint density at radius 3 is 2.39 bits per heavy atom. The number of carbonyl (C=O) groups is 1. The number of alkyl halides is 3. The van der Waals surface area contributed by atoms with Crippen LogP contribution in [0, 0.1) is 0 Å². The summed E-state index contributed by atoms with van der Waals surface area (Å²) in [5, 5.41) is 2.97. The number of methoxy groups -OCH3 is 1. The monoisotopic (exact) mass is 505 g/mol. The van der Waals surface area contributed by atoms with Crippen LogP contribution in [0.2, 0.25) is 0 Å². The Balaban J connectivity index is 1.48. The average Bonchev–Trinajstić information content (AvgIpc) is 2.89. The summed E-state index contributed by atoms with van der Waals surface area (Å²) in [5.41, 5.74) is 0.975. The van der Waals surface area contributed by atoms with Crippen LogP contribution in [-0.4, -0.2) is 68.1 Å². The molecule has 0 spiro atoms. The van der Waals surface area contributed by atoms with Crippen LogP contribution in [-0.2, 0) is 6.18 Å². The number of ether oxygens (including phenoxy) is 1. The Morgan fingerprint density at radius 2 is 1.81 bits per heavy atom. The van der Waals surface area contributed by atoms with Crippen molar-refractivity contribution in [1.29, 1.82) is 0 Å². The zero-order chi connectivity index (χ0) is 26.1. The molecular weight excluding hydrogens is 467 g/mol. The largest absolute Gasteiger partial charge is 0.496 e. The molecule has 1 N–H and O–H groups in total. The molecule has 0 atom stereocenters. The van der Waals surface area contributed by atoms with E-state index in [9.17, 15) is 18.0 Å². The van der Waals surface area contributed by atoms with E-state index in [1.54, 1.807) is 18.2 Å². The zero-order valence-corrected chi connectivity index (χ0v) is 21.5. The van der Waals surface area contributed by atoms with Gasteiger partial charge in [-0.1, -0.05) is 26.0 Å². The van der Waals surface area contributed by atoms with Crippen molar-refractivity contribution in [3.8, 4) is 16.9 Å². The van der Waals surface area contributed by atoms with Gasteiger partial charge in [-0.05, 0) is 94.3 Å². The highest BCUT2D eigenvalue weighted by Crippen LogP contribution is 2.34. The van der Waals surface area contributed by atoms with Crippen LogP contribution in [0.25, 0.3) is 11.1 Å². The lowest BCUT2D eigenvalue weighted by Crippen LogP contribution is -2.45. The Hall–Kier alpha value is -2.58. The van der Waals surface area contributed by atoms with Crippen molar-refractivity contribution in [3.05, 3.63) is 53.6 Å². The number of likely N-dealkylation sites (tertiary alicyclic amines) is 1. The minimum Gasteiger partial charge on any atom is -0.496 e. The van der Waals surface area contributed by atoms with E-state index in [2.05, 4.69) is 29.0 Å². The molecule has 2 aromatic carbocycles. The Bertz CT molecular complexity index is 971. The highest BCUT2D eigenvalue weighted by Gasteiger charge is 2.30. The highest BCUT2D eigenvalue weighted by atomic mass is 19.4. The molecule has 3 rings (SSSR count). The number of halogens is 3. The quantitative estimate of drug-likeness (QED) is 0.398. The molecule has 0 aromatic heterocycles. The molecular formula is C28H38F3N3O2. The average molecular weight is 506 g/mol. The fourth-order valence-electron chi connectivity index (χ4n) is 4.91. The van der Waals surface area contributed by atoms with Crippen molar-refractivity contribution in [3.63, 3.8) is 0 Å². The minimum absolute atomic E-state index is 0.191. The summed E-state index contributed by atoms with van der Waals surface area (Å²) in [6.07, 6.45) is 0.0868. The molecule has 0 aliphatic carbocycles. The number of rotatable bonds is 11. The minimum atomic E-state index is -4.38. The van der Waals surface area contributed by atoms with Crippen LogP contribution >= 0.6 is 0 Å². The Kier molecular flexibility index (Phi) is 10.2. The van der Waals surface area contributed by atoms with Gasteiger partial charge in [0.1, 0.15) is 5.75 Å². The summed E-state index contributed by atoms with van der Waals surface area (Å²) in [7, 11) is 1.48. The maximum Gasteiger partial charge on any atom is 0.416 e. The fraction of sp³-hybridized carbons (Fsp3) is 0.536. The predicted molar refractivity (Wildman–Crippen MR) is 137 cm³/mol. The molecule has 0 saturated carbocycles. The SMILES string of the molecule is CCCN(CC)C1CCN(CCCNC(=O)c2ccc(-c3ccc(C(F)(F)F)cc3)c(OC)c2)CC1. The van der Waals surface area contributed by atoms with E-state index in [1.165, 1.54) is 45.0 Å². The summed E-state index contributed by atoms with van der Waals surface area (Å²) < 4.78 is 44.0. The first-order valence-corrected chi connectivity index (χ1v) is 12.9. The molecule has 0 unspecified atom stereocenters. The van der Waals surface area contributed by atoms with Gasteiger partial charge in [0.05, 0.1) is 12.7 Å². The van der Waals surface area contributed by atoms with Gasteiger partial charge in [0.2, 0.25) is 0 Å². The maximum atomic E-state index is 12.9. The molecule has 2 aromatic rings. The van der Waals surface area contributed by atoms with Crippen molar-refractivity contribution < 1.29 is 22.7 Å². The number of hydrogen-bond acceptors (Lipinski definition) is 4. The predicted octanol–water partition coefficient (Wildman–Crippen LogP) is 5.70. The summed E-state index contributed by atoms with van der Waals surface area (Å²) in [6, 6.07) is 10.6. The molecule has 0 radical (unpaired) electrons. The van der Waals surface area contributed by atoms with Crippen molar-refractivity contribution in [2.24, 2.45) is 0 Å². The molecule has 0 bridgehead atoms. The number of nitrogens with zero attached hydrogens (tertiary/aromatic N) is 2. The third-order valence-electron chi connectivity index (χ3n) is 6.91. The van der Waals surface area contributed by atoms with E-state index in [1.807, 2.05) is 0 Å². The van der Waals surface area contributed by atoms with Crippen LogP contribution in [0.5, 0.6) is 5.75 Å². The molecule has 1 saturated heterocycles. The Morgan fingerprint density at radius 1 is 1.11 bits per heavy atom. The molecule has 8 heteroatoms. The molecule has 1 aliphatic heterocycles. The molecule has 36 heavy (non-hydrogen) atoms. The van der Waals surface area contributed by atoms with E-state index < -0.39 is 11.7 Å². The van der Waals surface area contributed by atoms with Gasteiger partial charge >= 0.3 is 6.18 Å². The number of carbonyl (C=O) groups excluding carboxylic acids is 1. The normalized spacial score (nSPS) is 15.3. The standard InChI is InChI=1S/C28H38F3N3O2/c1-4-16-34(5-2)24-13-18-33(19-14-24)17-6-15-32-27(35)22-9-12-25(26(20-22)36-3)21-7-10-23(11-8-21)28(29,30)31/h7-12,20,24H,4-6,13-19H2,1-3H3,(H,32,35). The number of amides is 1. The van der Waals surface area contributed by atoms with Gasteiger partial charge < -0.3 is 19.9 Å². The smallest absolute Gasteiger partial charge is 0.416 e. The van der Waals surface area contributed by atoms with Gasteiger partial charge in [-0.2, -0.15) is 13.2 Å². The lowest BCUT2D eigenvalue weighted by molar-refractivity contribution is -0.137. The van der Waals surface area contributed by atoms with Crippen molar-refractivity contribution in [1.82, 2.24) is 15.1 Å². The lowest BCUT2D eigenvalue weighted by Gasteiger charge is -2.38. The van der Waals surface area contributed by atoms with Gasteiger partial charge in [0.25, 0.3) is 5.91 Å². The topological polar surface area (TPSA) is 44.8 Å². The second-order valence-electron chi connectivity index (χ2n) is 9.30. The molecule has 5 nitrogen and oxygen atoms in total. The first kappa shape index (κ1) is 28.0. The third-order valence-corrected chi connectivity index (χ3v) is 6.91. The summed E-state index contributed by atoms with van der Waals surface area (Å²) >= 11 is 0. The second kappa shape index (κ2) is 13.1. The molecule has 1 fully saturated rings. The summed E-state index contributed by atoms with van der Waals surface area (Å²) in [6.45, 7) is 10.5. The van der Waals surface area contributed by atoms with Crippen LogP contribution in [0.1, 0.15) is 55.5 Å². The Labute approximate surface area is 212 Å². The summed E-state index contributed by atoms with van der Waals surface area (Å²) in [4.78, 5) is 17.7. The number of hydrogen-bond donors (Lipinski definition) is 1. The van der Waals surface area contributed by atoms with E-state index >= 15 is 0 Å². The van der Waals surface area contributed by atoms with Gasteiger partial charge in [0.15, 0.2) is 0 Å². The van der Waals surface area contributed by atoms with Crippen molar-refractivity contribution in [2.75, 3.05) is 46.4 Å². The first-order valence-electron chi connectivity index (χ1n) is 12.9. The van der Waals surface area contributed by atoms with E-state index in [0.717, 1.165) is 44.7 Å². The van der Waals surface area contributed by atoms with Crippen molar-refractivity contribution in [2.45, 2.75) is 51.7 Å². The van der Waals surface area contributed by atoms with Crippen LogP contribution in [0.15, 0.2) is 42.5 Å². The number of piperidine rings is 1. The lowest BCUT2D eigenvalue weighted by atomic mass is 10.0. The van der Waals surface area contributed by atoms with E-state index in [0.29, 0.717) is 35.0 Å². The fourth-order valence-corrected chi connectivity index (χ4v) is 4.91. The summed E-state index contributed by atoms with van der Waals surface area (Å²) in [5.74, 6) is 0.249. The van der Waals surface area contributed by atoms with Crippen molar-refractivity contribution >= 4 is 5.91 Å². The van der Waals surface area contributed by atoms with E-state index in [-0.39, 0.29) is 5.91 Å². The van der Waals surface area contributed by atoms with Gasteiger partial charge in [-0.25, -0.2) is 0 Å². The van der Waals surface area contributed by atoms with Crippen LogP contribution < -0.4 is 10.1 Å². The first-order chi connectivity index (χ1) is 17.3. The zero-order valence-electron chi connectivity index (χ0n) is 21.5. The molecule has 1 aliphatic rings. The van der Waals surface area contributed by atoms with Gasteiger partial charge in [0, 0.05) is 23.7 Å². The molecule has 1 amide bonds. The number of nitrogens with one attached hydrogen (secondary N) is 1. The third kappa shape index (κ3) is 7.46. The molecule has 1 heterocycles. The number of benzene rings is 2. The highest BCUT2D eigenvalue weighted by molar-refractivity contribution is 5.95. The van der Waals surface area contributed by atoms with Crippen LogP contribution in [0.3, 0.4) is 0 Å². The maximum absolute atomic E-state index is 12.9. The van der Waals surface area contributed by atoms with Crippen LogP contribution in [0.4, 0.5) is 13.2 Å². The van der Waals surface area contributed by atoms with Gasteiger partial charge in [-0.3, -0.25) is 4.79 Å².